The Morgan fingerprint density at radius 2 is 2.05 bits per heavy atom. The maximum Gasteiger partial charge on any atom is 0.254 e. The molecule has 0 aromatic heterocycles. The second-order valence-corrected chi connectivity index (χ2v) is 5.67. The molecular weight excluding hydrogens is 299 g/mol. The van der Waals surface area contributed by atoms with Crippen LogP contribution in [-0.4, -0.2) is 44.1 Å². The normalized spacial score (nSPS) is 19.0. The fraction of sp³-hybridized carbons (Fsp3) is 0.500. The Balaban J connectivity index is 2.21. The SMILES string of the molecule is CN[C@@H]1CCCN(C(=O)c2cc(Cl)c(OC)c(Cl)c2)C1. The summed E-state index contributed by atoms with van der Waals surface area (Å²) in [5.74, 6) is 0.355. The Labute approximate surface area is 129 Å². The van der Waals surface area contributed by atoms with Gasteiger partial charge in [-0.05, 0) is 32.0 Å². The van der Waals surface area contributed by atoms with E-state index in [-0.39, 0.29) is 5.91 Å². The Morgan fingerprint density at radius 3 is 2.60 bits per heavy atom. The molecule has 1 aliphatic rings. The number of nitrogens with zero attached hydrogens (tertiary/aromatic N) is 1. The topological polar surface area (TPSA) is 41.6 Å². The van der Waals surface area contributed by atoms with Crippen molar-refractivity contribution in [3.8, 4) is 5.75 Å². The molecule has 4 nitrogen and oxygen atoms in total. The molecule has 0 radical (unpaired) electrons. The van der Waals surface area contributed by atoms with E-state index in [1.807, 2.05) is 11.9 Å². The summed E-state index contributed by atoms with van der Waals surface area (Å²) < 4.78 is 5.09. The van der Waals surface area contributed by atoms with Crippen LogP contribution in [0, 0.1) is 0 Å². The summed E-state index contributed by atoms with van der Waals surface area (Å²) in [6.45, 7) is 1.47. The Hall–Kier alpha value is -0.970. The van der Waals surface area contributed by atoms with Gasteiger partial charge in [-0.3, -0.25) is 4.79 Å². The van der Waals surface area contributed by atoms with E-state index >= 15 is 0 Å². The summed E-state index contributed by atoms with van der Waals surface area (Å²) in [6, 6.07) is 3.56. The van der Waals surface area contributed by atoms with E-state index in [9.17, 15) is 4.79 Å². The minimum Gasteiger partial charge on any atom is -0.494 e. The average Bonchev–Trinajstić information content (AvgIpc) is 2.46. The zero-order valence-electron chi connectivity index (χ0n) is 11.6. The minimum absolute atomic E-state index is 0.0450. The van der Waals surface area contributed by atoms with Gasteiger partial charge in [0.25, 0.3) is 5.91 Å². The zero-order chi connectivity index (χ0) is 14.7. The molecule has 0 unspecified atom stereocenters. The van der Waals surface area contributed by atoms with Crippen molar-refractivity contribution in [3.05, 3.63) is 27.7 Å². The molecule has 1 N–H and O–H groups in total. The van der Waals surface area contributed by atoms with E-state index < -0.39 is 0 Å². The van der Waals surface area contributed by atoms with Gasteiger partial charge in [0.1, 0.15) is 0 Å². The molecule has 1 atom stereocenters. The number of carbonyl (C=O) groups is 1. The van der Waals surface area contributed by atoms with Gasteiger partial charge in [0.05, 0.1) is 17.2 Å². The largest absolute Gasteiger partial charge is 0.494 e. The van der Waals surface area contributed by atoms with Crippen molar-refractivity contribution < 1.29 is 9.53 Å². The van der Waals surface area contributed by atoms with Crippen LogP contribution in [0.4, 0.5) is 0 Å². The van der Waals surface area contributed by atoms with Crippen molar-refractivity contribution >= 4 is 29.1 Å². The van der Waals surface area contributed by atoms with Crippen LogP contribution in [0.2, 0.25) is 10.0 Å². The number of carbonyl (C=O) groups excluding carboxylic acids is 1. The Bertz CT molecular complexity index is 485. The summed E-state index contributed by atoms with van der Waals surface area (Å²) >= 11 is 12.2. The molecule has 110 valence electrons. The molecule has 1 aliphatic heterocycles. The molecule has 2 rings (SSSR count). The van der Waals surface area contributed by atoms with Crippen LogP contribution in [-0.2, 0) is 0 Å². The molecule has 0 aliphatic carbocycles. The van der Waals surface area contributed by atoms with Crippen molar-refractivity contribution in [2.75, 3.05) is 27.2 Å². The summed E-state index contributed by atoms with van der Waals surface area (Å²) in [4.78, 5) is 14.3. The van der Waals surface area contributed by atoms with Crippen molar-refractivity contribution in [1.29, 1.82) is 0 Å². The Kier molecular flexibility index (Phi) is 5.13. The lowest BCUT2D eigenvalue weighted by Crippen LogP contribution is -2.46. The van der Waals surface area contributed by atoms with Crippen LogP contribution in [0.1, 0.15) is 23.2 Å². The average molecular weight is 317 g/mol. The van der Waals surface area contributed by atoms with Gasteiger partial charge in [0.2, 0.25) is 0 Å². The number of halogens is 2. The molecule has 1 aromatic carbocycles. The molecule has 6 heteroatoms. The van der Waals surface area contributed by atoms with E-state index in [2.05, 4.69) is 5.32 Å². The predicted octanol–water partition coefficient (Wildman–Crippen LogP) is 2.83. The van der Waals surface area contributed by atoms with Gasteiger partial charge in [-0.15, -0.1) is 0 Å². The third-order valence-electron chi connectivity index (χ3n) is 3.57. The third-order valence-corrected chi connectivity index (χ3v) is 4.13. The van der Waals surface area contributed by atoms with Crippen LogP contribution in [0.3, 0.4) is 0 Å². The van der Waals surface area contributed by atoms with E-state index in [0.717, 1.165) is 19.4 Å². The number of methoxy groups -OCH3 is 1. The lowest BCUT2D eigenvalue weighted by molar-refractivity contribution is 0.0698. The Morgan fingerprint density at radius 1 is 1.40 bits per heavy atom. The first-order valence-electron chi connectivity index (χ1n) is 6.56. The number of likely N-dealkylation sites (N-methyl/N-ethyl adjacent to an activating group) is 1. The highest BCUT2D eigenvalue weighted by Gasteiger charge is 2.24. The van der Waals surface area contributed by atoms with Gasteiger partial charge in [0, 0.05) is 24.7 Å². The van der Waals surface area contributed by atoms with E-state index in [0.29, 0.717) is 33.9 Å². The third kappa shape index (κ3) is 3.19. The van der Waals surface area contributed by atoms with Crippen LogP contribution in [0.25, 0.3) is 0 Å². The van der Waals surface area contributed by atoms with Crippen LogP contribution in [0.15, 0.2) is 12.1 Å². The fourth-order valence-corrected chi connectivity index (χ4v) is 3.10. The monoisotopic (exact) mass is 316 g/mol. The van der Waals surface area contributed by atoms with Crippen LogP contribution < -0.4 is 10.1 Å². The lowest BCUT2D eigenvalue weighted by Gasteiger charge is -2.32. The van der Waals surface area contributed by atoms with Crippen molar-refractivity contribution in [2.45, 2.75) is 18.9 Å². The van der Waals surface area contributed by atoms with Crippen molar-refractivity contribution in [3.63, 3.8) is 0 Å². The molecule has 1 amide bonds. The molecule has 20 heavy (non-hydrogen) atoms. The maximum absolute atomic E-state index is 12.5. The number of amides is 1. The van der Waals surface area contributed by atoms with Gasteiger partial charge >= 0.3 is 0 Å². The zero-order valence-corrected chi connectivity index (χ0v) is 13.1. The van der Waals surface area contributed by atoms with Gasteiger partial charge < -0.3 is 15.0 Å². The first-order chi connectivity index (χ1) is 9.56. The standard InChI is InChI=1S/C14H18Cl2N2O2/c1-17-10-4-3-5-18(8-10)14(19)9-6-11(15)13(20-2)12(16)7-9/h6-7,10,17H,3-5,8H2,1-2H3/t10-/m1/s1. The maximum atomic E-state index is 12.5. The van der Waals surface area contributed by atoms with Gasteiger partial charge in [-0.2, -0.15) is 0 Å². The number of nitrogens with one attached hydrogen (secondary N) is 1. The van der Waals surface area contributed by atoms with Gasteiger partial charge in [-0.25, -0.2) is 0 Å². The molecule has 1 fully saturated rings. The van der Waals surface area contributed by atoms with Crippen molar-refractivity contribution in [1.82, 2.24) is 10.2 Å². The summed E-state index contributed by atoms with van der Waals surface area (Å²) in [5.41, 5.74) is 0.498. The number of piperidine rings is 1. The molecular formula is C14H18Cl2N2O2. The number of hydrogen-bond donors (Lipinski definition) is 1. The molecule has 1 saturated heterocycles. The summed E-state index contributed by atoms with van der Waals surface area (Å²) in [7, 11) is 3.41. The van der Waals surface area contributed by atoms with E-state index in [4.69, 9.17) is 27.9 Å². The number of rotatable bonds is 3. The number of hydrogen-bond acceptors (Lipinski definition) is 3. The van der Waals surface area contributed by atoms with Crippen LogP contribution in [0.5, 0.6) is 5.75 Å². The van der Waals surface area contributed by atoms with E-state index in [1.54, 1.807) is 12.1 Å². The number of ether oxygens (including phenoxy) is 1. The molecule has 1 heterocycles. The second-order valence-electron chi connectivity index (χ2n) is 4.85. The molecule has 0 bridgehead atoms. The number of likely N-dealkylation sites (tertiary alicyclic amines) is 1. The van der Waals surface area contributed by atoms with Gasteiger partial charge in [-0.1, -0.05) is 23.2 Å². The highest BCUT2D eigenvalue weighted by atomic mass is 35.5. The lowest BCUT2D eigenvalue weighted by atomic mass is 10.0. The second kappa shape index (κ2) is 6.66. The smallest absolute Gasteiger partial charge is 0.254 e. The van der Waals surface area contributed by atoms with Crippen molar-refractivity contribution in [2.24, 2.45) is 0 Å². The van der Waals surface area contributed by atoms with Crippen LogP contribution >= 0.6 is 23.2 Å². The minimum atomic E-state index is -0.0450. The van der Waals surface area contributed by atoms with Gasteiger partial charge in [0.15, 0.2) is 5.75 Å². The summed E-state index contributed by atoms with van der Waals surface area (Å²) in [5, 5.41) is 3.92. The quantitative estimate of drug-likeness (QED) is 0.932. The first-order valence-corrected chi connectivity index (χ1v) is 7.32. The summed E-state index contributed by atoms with van der Waals surface area (Å²) in [6.07, 6.45) is 2.08. The molecule has 0 saturated carbocycles. The highest BCUT2D eigenvalue weighted by Crippen LogP contribution is 2.34. The van der Waals surface area contributed by atoms with E-state index in [1.165, 1.54) is 7.11 Å². The predicted molar refractivity (Wildman–Crippen MR) is 81.0 cm³/mol. The molecule has 1 aromatic rings. The fourth-order valence-electron chi connectivity index (χ4n) is 2.46. The first kappa shape index (κ1) is 15.4. The number of benzene rings is 1. The molecule has 0 spiro atoms. The highest BCUT2D eigenvalue weighted by molar-refractivity contribution is 6.37.